The van der Waals surface area contributed by atoms with E-state index >= 15 is 0 Å². The minimum absolute atomic E-state index is 0.184. The number of fused-ring (bicyclic) bond motifs is 1. The van der Waals surface area contributed by atoms with E-state index in [2.05, 4.69) is 15.6 Å². The molecule has 30 heavy (non-hydrogen) atoms. The number of H-pyrrole nitrogens is 1. The summed E-state index contributed by atoms with van der Waals surface area (Å²) in [4.78, 5) is 24.6. The Balaban J connectivity index is 1.38. The number of nitrogens with one attached hydrogen (secondary N) is 2. The van der Waals surface area contributed by atoms with Gasteiger partial charge in [0.25, 0.3) is 11.5 Å². The monoisotopic (exact) mass is 400 g/mol. The second kappa shape index (κ2) is 8.48. The van der Waals surface area contributed by atoms with E-state index < -0.39 is 5.91 Å². The first kappa shape index (κ1) is 19.2. The number of carbonyl (C=O) groups excluding carboxylic acids is 1. The van der Waals surface area contributed by atoms with E-state index in [1.165, 1.54) is 10.9 Å². The van der Waals surface area contributed by atoms with Crippen molar-refractivity contribution in [2.45, 2.75) is 6.92 Å². The lowest BCUT2D eigenvalue weighted by molar-refractivity contribution is -0.123. The molecule has 0 aliphatic carbocycles. The number of para-hydroxylation sites is 1. The average Bonchev–Trinajstić information content (AvgIpc) is 3.06. The fourth-order valence-corrected chi connectivity index (χ4v) is 3.08. The van der Waals surface area contributed by atoms with Crippen molar-refractivity contribution in [3.8, 4) is 11.4 Å². The fourth-order valence-electron chi connectivity index (χ4n) is 3.08. The Hall–Kier alpha value is -4.13. The highest BCUT2D eigenvalue weighted by Crippen LogP contribution is 2.20. The van der Waals surface area contributed by atoms with E-state index in [0.717, 1.165) is 16.5 Å². The van der Waals surface area contributed by atoms with Gasteiger partial charge in [0.15, 0.2) is 6.61 Å². The maximum atomic E-state index is 12.6. The number of hydrazone groups is 1. The third-order valence-electron chi connectivity index (χ3n) is 4.61. The normalized spacial score (nSPS) is 11.1. The fraction of sp³-hybridized carbons (Fsp3) is 0.0870. The predicted molar refractivity (Wildman–Crippen MR) is 116 cm³/mol. The summed E-state index contributed by atoms with van der Waals surface area (Å²) in [5, 5.41) is 9.03. The van der Waals surface area contributed by atoms with E-state index in [0.29, 0.717) is 17.0 Å². The zero-order chi connectivity index (χ0) is 20.9. The molecular formula is C23H20N4O3. The Morgan fingerprint density at radius 2 is 1.80 bits per heavy atom. The van der Waals surface area contributed by atoms with Gasteiger partial charge in [-0.1, -0.05) is 48.5 Å². The highest BCUT2D eigenvalue weighted by Gasteiger charge is 2.10. The van der Waals surface area contributed by atoms with Gasteiger partial charge in [-0.05, 0) is 42.0 Å². The highest BCUT2D eigenvalue weighted by molar-refractivity contribution is 5.85. The van der Waals surface area contributed by atoms with Crippen LogP contribution in [-0.2, 0) is 4.79 Å². The summed E-state index contributed by atoms with van der Waals surface area (Å²) in [6.45, 7) is 1.59. The molecule has 4 rings (SSSR count). The van der Waals surface area contributed by atoms with Crippen LogP contribution in [0.1, 0.15) is 11.3 Å². The Kier molecular flexibility index (Phi) is 5.43. The van der Waals surface area contributed by atoms with Crippen LogP contribution in [-0.4, -0.2) is 28.5 Å². The van der Waals surface area contributed by atoms with Gasteiger partial charge in [0.05, 0.1) is 17.5 Å². The van der Waals surface area contributed by atoms with Gasteiger partial charge in [-0.3, -0.25) is 14.7 Å². The van der Waals surface area contributed by atoms with E-state index in [4.69, 9.17) is 4.74 Å². The first-order valence-electron chi connectivity index (χ1n) is 9.42. The second-order valence-corrected chi connectivity index (χ2v) is 6.72. The molecule has 7 nitrogen and oxygen atoms in total. The van der Waals surface area contributed by atoms with Crippen LogP contribution in [0.4, 0.5) is 0 Å². The molecule has 150 valence electrons. The number of carbonyl (C=O) groups is 1. The van der Waals surface area contributed by atoms with Gasteiger partial charge in [0, 0.05) is 5.69 Å². The number of hydrogen-bond acceptors (Lipinski definition) is 4. The average molecular weight is 400 g/mol. The number of amides is 1. The van der Waals surface area contributed by atoms with Crippen LogP contribution in [0.3, 0.4) is 0 Å². The number of aromatic amines is 1. The lowest BCUT2D eigenvalue weighted by Gasteiger charge is -2.06. The van der Waals surface area contributed by atoms with E-state index in [9.17, 15) is 9.59 Å². The van der Waals surface area contributed by atoms with E-state index in [1.54, 1.807) is 6.92 Å². The Bertz CT molecular complexity index is 1270. The zero-order valence-corrected chi connectivity index (χ0v) is 16.3. The topological polar surface area (TPSA) is 88.5 Å². The standard InChI is InChI=1S/C23H20N4O3/c1-16-21(23(29)27(26-16)19-9-3-2-4-10-19)14-24-25-22(28)15-30-20-12-11-17-7-5-6-8-18(17)13-20/h2-14,26H,15H2,1H3,(H,25,28)/b24-14-. The van der Waals surface area contributed by atoms with Crippen LogP contribution in [0.25, 0.3) is 16.5 Å². The number of benzene rings is 3. The number of hydrogen-bond donors (Lipinski definition) is 2. The minimum Gasteiger partial charge on any atom is -0.484 e. The van der Waals surface area contributed by atoms with Gasteiger partial charge >= 0.3 is 0 Å². The van der Waals surface area contributed by atoms with Crippen molar-refractivity contribution in [2.24, 2.45) is 5.10 Å². The molecule has 0 saturated heterocycles. The van der Waals surface area contributed by atoms with E-state index in [1.807, 2.05) is 72.8 Å². The second-order valence-electron chi connectivity index (χ2n) is 6.72. The molecule has 0 atom stereocenters. The van der Waals surface area contributed by atoms with Crippen molar-refractivity contribution in [1.82, 2.24) is 15.2 Å². The molecule has 0 unspecified atom stereocenters. The molecule has 1 amide bonds. The van der Waals surface area contributed by atoms with Crippen LogP contribution < -0.4 is 15.7 Å². The van der Waals surface area contributed by atoms with Gasteiger partial charge in [-0.25, -0.2) is 10.1 Å². The van der Waals surface area contributed by atoms with Crippen molar-refractivity contribution in [2.75, 3.05) is 6.61 Å². The van der Waals surface area contributed by atoms with Crippen LogP contribution in [0, 0.1) is 6.92 Å². The first-order valence-corrected chi connectivity index (χ1v) is 9.42. The molecule has 0 spiro atoms. The van der Waals surface area contributed by atoms with Crippen LogP contribution in [0.2, 0.25) is 0 Å². The van der Waals surface area contributed by atoms with Crippen molar-refractivity contribution in [1.29, 1.82) is 0 Å². The van der Waals surface area contributed by atoms with Gasteiger partial charge in [-0.2, -0.15) is 5.10 Å². The summed E-state index contributed by atoms with van der Waals surface area (Å²) in [7, 11) is 0. The molecule has 0 saturated carbocycles. The lowest BCUT2D eigenvalue weighted by atomic mass is 10.1. The summed E-state index contributed by atoms with van der Waals surface area (Å²) in [5.41, 5.74) is 3.88. The molecule has 0 radical (unpaired) electrons. The Labute approximate surface area is 172 Å². The van der Waals surface area contributed by atoms with Gasteiger partial charge in [0.1, 0.15) is 5.75 Å². The third kappa shape index (κ3) is 4.15. The van der Waals surface area contributed by atoms with Gasteiger partial charge < -0.3 is 4.74 Å². The quantitative estimate of drug-likeness (QED) is 0.385. The molecule has 3 aromatic carbocycles. The first-order chi connectivity index (χ1) is 14.6. The largest absolute Gasteiger partial charge is 0.484 e. The molecular weight excluding hydrogens is 380 g/mol. The molecule has 0 aliphatic heterocycles. The molecule has 1 aromatic heterocycles. The van der Waals surface area contributed by atoms with Crippen molar-refractivity contribution < 1.29 is 9.53 Å². The van der Waals surface area contributed by atoms with Crippen LogP contribution >= 0.6 is 0 Å². The summed E-state index contributed by atoms with van der Waals surface area (Å²) >= 11 is 0. The van der Waals surface area contributed by atoms with E-state index in [-0.39, 0.29) is 12.2 Å². The summed E-state index contributed by atoms with van der Waals surface area (Å²) in [6.07, 6.45) is 1.33. The third-order valence-corrected chi connectivity index (χ3v) is 4.61. The number of aromatic nitrogens is 2. The van der Waals surface area contributed by atoms with Gasteiger partial charge in [0.2, 0.25) is 0 Å². The molecule has 1 heterocycles. The molecule has 0 aliphatic rings. The van der Waals surface area contributed by atoms with Gasteiger partial charge in [-0.15, -0.1) is 0 Å². The predicted octanol–water partition coefficient (Wildman–Crippen LogP) is 3.16. The lowest BCUT2D eigenvalue weighted by Crippen LogP contribution is -2.25. The number of nitrogens with zero attached hydrogens (tertiary/aromatic N) is 2. The maximum absolute atomic E-state index is 12.6. The molecule has 0 fully saturated rings. The number of aryl methyl sites for hydroxylation is 1. The highest BCUT2D eigenvalue weighted by atomic mass is 16.5. The number of ether oxygens (including phenoxy) is 1. The Morgan fingerprint density at radius 1 is 1.07 bits per heavy atom. The molecule has 2 N–H and O–H groups in total. The zero-order valence-electron chi connectivity index (χ0n) is 16.3. The molecule has 7 heteroatoms. The van der Waals surface area contributed by atoms with Crippen molar-refractivity contribution in [3.05, 3.63) is 94.4 Å². The Morgan fingerprint density at radius 3 is 2.60 bits per heavy atom. The van der Waals surface area contributed by atoms with Crippen LogP contribution in [0.5, 0.6) is 5.75 Å². The van der Waals surface area contributed by atoms with Crippen molar-refractivity contribution >= 4 is 22.9 Å². The SMILES string of the molecule is Cc1[nH]n(-c2ccccc2)c(=O)c1/C=N\NC(=O)COc1ccc2ccccc2c1. The molecule has 0 bridgehead atoms. The van der Waals surface area contributed by atoms with Crippen molar-refractivity contribution in [3.63, 3.8) is 0 Å². The minimum atomic E-state index is -0.420. The molecule has 4 aromatic rings. The van der Waals surface area contributed by atoms with Crippen LogP contribution in [0.15, 0.2) is 82.7 Å². The maximum Gasteiger partial charge on any atom is 0.280 e. The summed E-state index contributed by atoms with van der Waals surface area (Å²) < 4.78 is 6.96. The summed E-state index contributed by atoms with van der Waals surface area (Å²) in [5.74, 6) is 0.177. The smallest absolute Gasteiger partial charge is 0.280 e. The number of rotatable bonds is 6. The summed E-state index contributed by atoms with van der Waals surface area (Å²) in [6, 6.07) is 22.8.